The number of methoxy groups -OCH3 is 1. The molecule has 3 aromatic rings. The average Bonchev–Trinajstić information content (AvgIpc) is 3.41. The van der Waals surface area contributed by atoms with Gasteiger partial charge in [-0.3, -0.25) is 0 Å². The third-order valence-electron chi connectivity index (χ3n) is 8.59. The van der Waals surface area contributed by atoms with Crippen molar-refractivity contribution >= 4 is 41.3 Å². The first-order valence-electron chi connectivity index (χ1n) is 15.6. The van der Waals surface area contributed by atoms with Gasteiger partial charge in [-0.2, -0.15) is 0 Å². The smallest absolute Gasteiger partial charge is 0.261 e. The quantitative estimate of drug-likeness (QED) is 0.116. The molecule has 1 aliphatic heterocycles. The molecule has 0 spiro atoms. The van der Waals surface area contributed by atoms with Gasteiger partial charge in [-0.15, -0.1) is 0 Å². The van der Waals surface area contributed by atoms with Crippen LogP contribution in [0, 0.1) is 5.92 Å². The molecular formula is C36H49IO6Si. The van der Waals surface area contributed by atoms with Crippen molar-refractivity contribution < 1.29 is 28.8 Å². The highest BCUT2D eigenvalue weighted by Gasteiger charge is 2.50. The third-order valence-corrected chi connectivity index (χ3v) is 14.8. The van der Waals surface area contributed by atoms with E-state index in [9.17, 15) is 10.2 Å². The van der Waals surface area contributed by atoms with E-state index in [1.54, 1.807) is 7.11 Å². The van der Waals surface area contributed by atoms with Gasteiger partial charge in [0, 0.05) is 17.0 Å². The van der Waals surface area contributed by atoms with E-state index >= 15 is 0 Å². The van der Waals surface area contributed by atoms with Gasteiger partial charge in [0.05, 0.1) is 44.7 Å². The van der Waals surface area contributed by atoms with Crippen LogP contribution in [-0.4, -0.2) is 67.2 Å². The van der Waals surface area contributed by atoms with Crippen molar-refractivity contribution in [3.63, 3.8) is 0 Å². The van der Waals surface area contributed by atoms with Crippen LogP contribution in [0.25, 0.3) is 0 Å². The second-order valence-corrected chi connectivity index (χ2v) is 19.0. The molecule has 0 amide bonds. The Morgan fingerprint density at radius 1 is 0.932 bits per heavy atom. The van der Waals surface area contributed by atoms with Gasteiger partial charge in [-0.25, -0.2) is 0 Å². The lowest BCUT2D eigenvalue weighted by Gasteiger charge is -2.43. The highest BCUT2D eigenvalue weighted by Crippen LogP contribution is 2.37. The van der Waals surface area contributed by atoms with Crippen molar-refractivity contribution in [3.8, 4) is 5.75 Å². The first-order valence-corrected chi connectivity index (χ1v) is 18.8. The van der Waals surface area contributed by atoms with Crippen LogP contribution in [0.5, 0.6) is 5.75 Å². The molecule has 0 aromatic heterocycles. The number of aliphatic hydroxyl groups excluding tert-OH is 2. The minimum Gasteiger partial charge on any atom is -0.497 e. The number of halogens is 1. The third kappa shape index (κ3) is 8.72. The Bertz CT molecular complexity index is 1210. The molecular weight excluding hydrogens is 683 g/mol. The predicted octanol–water partition coefficient (Wildman–Crippen LogP) is 5.89. The SMILES string of the molecule is COc1ccc(CO[C@@H](C[C@@H](C)CO[Si](c2ccccc2)(c2ccccc2)C(C)(C)C)C[C@H](I)[C@@H]2O[C@@H](CO)C[C@@H]2O)cc1. The molecule has 1 heterocycles. The van der Waals surface area contributed by atoms with Gasteiger partial charge >= 0.3 is 0 Å². The lowest BCUT2D eigenvalue weighted by Crippen LogP contribution is -2.66. The van der Waals surface area contributed by atoms with Crippen LogP contribution in [0.4, 0.5) is 0 Å². The van der Waals surface area contributed by atoms with Crippen molar-refractivity contribution in [2.45, 2.75) is 86.9 Å². The van der Waals surface area contributed by atoms with Gasteiger partial charge in [-0.1, -0.05) is 123 Å². The maximum Gasteiger partial charge on any atom is 0.261 e. The Morgan fingerprint density at radius 3 is 2.02 bits per heavy atom. The van der Waals surface area contributed by atoms with Gasteiger partial charge in [0.15, 0.2) is 0 Å². The summed E-state index contributed by atoms with van der Waals surface area (Å²) in [5, 5.41) is 22.7. The van der Waals surface area contributed by atoms with E-state index in [0.29, 0.717) is 19.6 Å². The Labute approximate surface area is 278 Å². The summed E-state index contributed by atoms with van der Waals surface area (Å²) in [5.41, 5.74) is 1.08. The molecule has 1 aliphatic rings. The van der Waals surface area contributed by atoms with Crippen LogP contribution < -0.4 is 15.1 Å². The van der Waals surface area contributed by atoms with Crippen molar-refractivity contribution in [1.29, 1.82) is 0 Å². The molecule has 240 valence electrons. The summed E-state index contributed by atoms with van der Waals surface area (Å²) in [6.07, 6.45) is 0.683. The van der Waals surface area contributed by atoms with Crippen LogP contribution in [-0.2, 0) is 20.5 Å². The normalized spacial score (nSPS) is 21.1. The fourth-order valence-electron chi connectivity index (χ4n) is 6.31. The Kier molecular flexibility index (Phi) is 12.9. The Morgan fingerprint density at radius 2 is 1.52 bits per heavy atom. The maximum absolute atomic E-state index is 10.7. The number of ether oxygens (including phenoxy) is 3. The minimum absolute atomic E-state index is 0.0322. The molecule has 2 N–H and O–H groups in total. The predicted molar refractivity (Wildman–Crippen MR) is 188 cm³/mol. The summed E-state index contributed by atoms with van der Waals surface area (Å²) in [6.45, 7) is 10.2. The standard InChI is InChI=1S/C36H49IO6Si/c1-26(24-42-44(36(2,3)4,31-12-8-6-9-13-31)32-14-10-7-11-15-32)20-29(41-25-27-16-18-28(40-5)19-17-27)21-33(37)35-34(39)22-30(23-38)43-35/h6-19,26,29-30,33-35,38-39H,20-25H2,1-5H3/t26-,29+,30-,33+,34+,35+/m1/s1. The lowest BCUT2D eigenvalue weighted by atomic mass is 9.98. The summed E-state index contributed by atoms with van der Waals surface area (Å²) in [4.78, 5) is 0. The molecule has 6 nitrogen and oxygen atoms in total. The van der Waals surface area contributed by atoms with Gasteiger partial charge in [0.1, 0.15) is 5.75 Å². The van der Waals surface area contributed by atoms with E-state index in [1.165, 1.54) is 10.4 Å². The second kappa shape index (κ2) is 16.2. The summed E-state index contributed by atoms with van der Waals surface area (Å²) in [5.74, 6) is 1.04. The number of hydrogen-bond donors (Lipinski definition) is 2. The molecule has 0 radical (unpaired) electrons. The van der Waals surface area contributed by atoms with Crippen molar-refractivity contribution in [3.05, 3.63) is 90.5 Å². The van der Waals surface area contributed by atoms with Crippen LogP contribution in [0.3, 0.4) is 0 Å². The van der Waals surface area contributed by atoms with E-state index < -0.39 is 14.4 Å². The van der Waals surface area contributed by atoms with E-state index in [1.807, 2.05) is 24.3 Å². The maximum atomic E-state index is 10.7. The van der Waals surface area contributed by atoms with E-state index in [2.05, 4.69) is 111 Å². The molecule has 0 unspecified atom stereocenters. The average molecular weight is 733 g/mol. The zero-order valence-electron chi connectivity index (χ0n) is 26.7. The molecule has 0 saturated carbocycles. The van der Waals surface area contributed by atoms with Crippen LogP contribution >= 0.6 is 22.6 Å². The molecule has 3 aromatic carbocycles. The van der Waals surface area contributed by atoms with Gasteiger partial charge < -0.3 is 28.8 Å². The summed E-state index contributed by atoms with van der Waals surface area (Å²) in [6, 6.07) is 29.5. The van der Waals surface area contributed by atoms with Gasteiger partial charge in [0.2, 0.25) is 0 Å². The number of alkyl halides is 1. The zero-order valence-corrected chi connectivity index (χ0v) is 29.9. The highest BCUT2D eigenvalue weighted by atomic mass is 127. The van der Waals surface area contributed by atoms with Gasteiger partial charge in [0.25, 0.3) is 8.32 Å². The van der Waals surface area contributed by atoms with Crippen molar-refractivity contribution in [2.75, 3.05) is 20.3 Å². The first kappa shape index (κ1) is 35.1. The number of hydrogen-bond acceptors (Lipinski definition) is 6. The molecule has 4 rings (SSSR count). The number of rotatable bonds is 15. The minimum atomic E-state index is -2.65. The van der Waals surface area contributed by atoms with Crippen molar-refractivity contribution in [2.24, 2.45) is 5.92 Å². The molecule has 6 atom stereocenters. The van der Waals surface area contributed by atoms with E-state index in [0.717, 1.165) is 24.2 Å². The van der Waals surface area contributed by atoms with Crippen LogP contribution in [0.2, 0.25) is 5.04 Å². The number of benzene rings is 3. The van der Waals surface area contributed by atoms with E-state index in [-0.39, 0.29) is 39.8 Å². The molecule has 1 fully saturated rings. The first-order chi connectivity index (χ1) is 21.1. The Hall–Kier alpha value is -1.79. The number of aliphatic hydroxyl groups is 2. The zero-order chi connectivity index (χ0) is 31.7. The molecule has 0 bridgehead atoms. The van der Waals surface area contributed by atoms with Gasteiger partial charge in [-0.05, 0) is 51.9 Å². The second-order valence-electron chi connectivity index (χ2n) is 13.1. The highest BCUT2D eigenvalue weighted by molar-refractivity contribution is 14.1. The fourth-order valence-corrected chi connectivity index (χ4v) is 12.2. The summed E-state index contributed by atoms with van der Waals surface area (Å²) < 4.78 is 25.2. The molecule has 44 heavy (non-hydrogen) atoms. The summed E-state index contributed by atoms with van der Waals surface area (Å²) in [7, 11) is -0.983. The molecule has 8 heteroatoms. The molecule has 0 aliphatic carbocycles. The monoisotopic (exact) mass is 732 g/mol. The largest absolute Gasteiger partial charge is 0.497 e. The van der Waals surface area contributed by atoms with Crippen molar-refractivity contribution in [1.82, 2.24) is 0 Å². The van der Waals surface area contributed by atoms with Crippen LogP contribution in [0.1, 0.15) is 52.5 Å². The van der Waals surface area contributed by atoms with E-state index in [4.69, 9.17) is 18.6 Å². The Balaban J connectivity index is 1.52. The van der Waals surface area contributed by atoms with Crippen LogP contribution in [0.15, 0.2) is 84.9 Å². The molecule has 1 saturated heterocycles. The lowest BCUT2D eigenvalue weighted by molar-refractivity contribution is -0.0264. The topological polar surface area (TPSA) is 77.4 Å². The fraction of sp³-hybridized carbons (Fsp3) is 0.500. The summed E-state index contributed by atoms with van der Waals surface area (Å²) >= 11 is 2.38.